The van der Waals surface area contributed by atoms with E-state index in [1.807, 2.05) is 37.3 Å². The zero-order chi connectivity index (χ0) is 18.6. The van der Waals surface area contributed by atoms with Crippen LogP contribution in [0.25, 0.3) is 0 Å². The summed E-state index contributed by atoms with van der Waals surface area (Å²) in [7, 11) is 1.27. The molecule has 2 bridgehead atoms. The lowest BCUT2D eigenvalue weighted by molar-refractivity contribution is -0.378. The molecule has 0 radical (unpaired) electrons. The molecule has 1 aromatic carbocycles. The van der Waals surface area contributed by atoms with Crippen LogP contribution in [0, 0.1) is 0 Å². The number of benzene rings is 1. The molecule has 2 aliphatic rings. The molecule has 3 rings (SSSR count). The number of esters is 1. The molecule has 0 saturated carbocycles. The van der Waals surface area contributed by atoms with Gasteiger partial charge in [-0.25, -0.2) is 4.79 Å². The van der Waals surface area contributed by atoms with E-state index in [9.17, 15) is 9.59 Å². The van der Waals surface area contributed by atoms with E-state index in [2.05, 4.69) is 5.32 Å². The highest BCUT2D eigenvalue weighted by Crippen LogP contribution is 2.41. The van der Waals surface area contributed by atoms with Crippen LogP contribution in [0.15, 0.2) is 30.3 Å². The van der Waals surface area contributed by atoms with Crippen molar-refractivity contribution in [3.63, 3.8) is 0 Å². The maximum Gasteiger partial charge on any atom is 0.407 e. The molecular formula is C18H23NO7. The SMILES string of the molecule is COC(=O)C[C@H](NC(=O)OCc1ccccc1)C12OCCC(C)(CO1)O2. The predicted octanol–water partition coefficient (Wildman–Crippen LogP) is 1.72. The third-order valence-electron chi connectivity index (χ3n) is 4.43. The topological polar surface area (TPSA) is 92.3 Å². The Morgan fingerprint density at radius 1 is 1.27 bits per heavy atom. The van der Waals surface area contributed by atoms with Crippen LogP contribution in [-0.2, 0) is 35.1 Å². The number of alkyl carbamates (subject to hydrolysis) is 1. The predicted molar refractivity (Wildman–Crippen MR) is 88.9 cm³/mol. The van der Waals surface area contributed by atoms with Gasteiger partial charge in [-0.1, -0.05) is 30.3 Å². The van der Waals surface area contributed by atoms with Crippen LogP contribution in [0.4, 0.5) is 4.79 Å². The Labute approximate surface area is 151 Å². The minimum Gasteiger partial charge on any atom is -0.469 e. The molecule has 1 amide bonds. The van der Waals surface area contributed by atoms with Gasteiger partial charge >= 0.3 is 18.0 Å². The first-order valence-electron chi connectivity index (χ1n) is 8.47. The quantitative estimate of drug-likeness (QED) is 0.768. The summed E-state index contributed by atoms with van der Waals surface area (Å²) in [6, 6.07) is 8.37. The largest absolute Gasteiger partial charge is 0.469 e. The van der Waals surface area contributed by atoms with Gasteiger partial charge in [0, 0.05) is 6.42 Å². The first kappa shape index (κ1) is 18.6. The first-order chi connectivity index (χ1) is 12.4. The summed E-state index contributed by atoms with van der Waals surface area (Å²) in [6.45, 7) is 2.71. The Morgan fingerprint density at radius 2 is 2.04 bits per heavy atom. The number of fused-ring (bicyclic) bond motifs is 2. The lowest BCUT2D eigenvalue weighted by Crippen LogP contribution is -2.59. The van der Waals surface area contributed by atoms with E-state index in [0.29, 0.717) is 19.6 Å². The summed E-state index contributed by atoms with van der Waals surface area (Å²) < 4.78 is 27.2. The Hall–Kier alpha value is -2.16. The van der Waals surface area contributed by atoms with Gasteiger partial charge in [-0.15, -0.1) is 0 Å². The molecule has 1 aromatic rings. The summed E-state index contributed by atoms with van der Waals surface area (Å²) >= 11 is 0. The van der Waals surface area contributed by atoms with Gasteiger partial charge in [-0.3, -0.25) is 4.79 Å². The third kappa shape index (κ3) is 4.14. The summed E-state index contributed by atoms with van der Waals surface area (Å²) in [5.74, 6) is -2.05. The van der Waals surface area contributed by atoms with Crippen molar-refractivity contribution >= 4 is 12.1 Å². The zero-order valence-electron chi connectivity index (χ0n) is 14.9. The standard InChI is InChI=1S/C18H23NO7/c1-17-8-9-24-18(26-17,25-12-17)14(10-15(20)22-2)19-16(21)23-11-13-6-4-3-5-7-13/h3-7,14H,8-12H2,1-2H3,(H,19,21)/t14-,17?,18?/m0/s1. The Bertz CT molecular complexity index is 652. The van der Waals surface area contributed by atoms with Crippen molar-refractivity contribution in [3.05, 3.63) is 35.9 Å². The second kappa shape index (κ2) is 7.61. The highest BCUT2D eigenvalue weighted by atomic mass is 16.9. The normalized spacial score (nSPS) is 28.2. The smallest absolute Gasteiger partial charge is 0.407 e. The second-order valence-electron chi connectivity index (χ2n) is 6.58. The molecule has 2 heterocycles. The van der Waals surface area contributed by atoms with Crippen LogP contribution in [0.5, 0.6) is 0 Å². The minimum absolute atomic E-state index is 0.102. The van der Waals surface area contributed by atoms with Crippen molar-refractivity contribution in [2.24, 2.45) is 0 Å². The summed E-state index contributed by atoms with van der Waals surface area (Å²) in [6.07, 6.45) is -0.211. The van der Waals surface area contributed by atoms with Crippen LogP contribution in [-0.4, -0.2) is 50.0 Å². The molecule has 0 spiro atoms. The molecular weight excluding hydrogens is 342 g/mol. The fourth-order valence-corrected chi connectivity index (χ4v) is 2.95. The van der Waals surface area contributed by atoms with E-state index in [1.54, 1.807) is 0 Å². The number of carbonyl (C=O) groups is 2. The highest BCUT2D eigenvalue weighted by molar-refractivity contribution is 5.73. The average molecular weight is 365 g/mol. The molecule has 8 nitrogen and oxygen atoms in total. The molecule has 2 aliphatic heterocycles. The lowest BCUT2D eigenvalue weighted by Gasteiger charge is -2.39. The van der Waals surface area contributed by atoms with Gasteiger partial charge in [0.1, 0.15) is 12.6 Å². The maximum atomic E-state index is 12.2. The van der Waals surface area contributed by atoms with E-state index in [1.165, 1.54) is 7.11 Å². The molecule has 2 fully saturated rings. The fraction of sp³-hybridized carbons (Fsp3) is 0.556. The van der Waals surface area contributed by atoms with Gasteiger partial charge in [0.15, 0.2) is 0 Å². The number of rotatable bonds is 6. The number of ether oxygens (including phenoxy) is 5. The zero-order valence-corrected chi connectivity index (χ0v) is 14.9. The highest BCUT2D eigenvalue weighted by Gasteiger charge is 2.58. The molecule has 0 aromatic heterocycles. The average Bonchev–Trinajstić information content (AvgIpc) is 2.89. The molecule has 1 N–H and O–H groups in total. The molecule has 26 heavy (non-hydrogen) atoms. The van der Waals surface area contributed by atoms with Gasteiger partial charge in [0.05, 0.1) is 32.3 Å². The van der Waals surface area contributed by atoms with Crippen molar-refractivity contribution < 1.29 is 33.3 Å². The van der Waals surface area contributed by atoms with Gasteiger partial charge in [0.2, 0.25) is 0 Å². The van der Waals surface area contributed by atoms with Crippen molar-refractivity contribution in [2.45, 2.75) is 44.0 Å². The Morgan fingerprint density at radius 3 is 2.77 bits per heavy atom. The van der Waals surface area contributed by atoms with Gasteiger partial charge in [-0.2, -0.15) is 0 Å². The molecule has 8 heteroatoms. The number of carbonyl (C=O) groups excluding carboxylic acids is 2. The van der Waals surface area contributed by atoms with Crippen molar-refractivity contribution in [2.75, 3.05) is 20.3 Å². The fourth-order valence-electron chi connectivity index (χ4n) is 2.95. The number of hydrogen-bond acceptors (Lipinski definition) is 7. The second-order valence-corrected chi connectivity index (χ2v) is 6.58. The van der Waals surface area contributed by atoms with Crippen LogP contribution in [0.1, 0.15) is 25.3 Å². The van der Waals surface area contributed by atoms with E-state index < -0.39 is 29.7 Å². The number of nitrogens with one attached hydrogen (secondary N) is 1. The molecule has 3 atom stereocenters. The van der Waals surface area contributed by atoms with Crippen molar-refractivity contribution in [3.8, 4) is 0 Å². The summed E-state index contributed by atoms with van der Waals surface area (Å²) in [4.78, 5) is 24.0. The molecule has 0 aliphatic carbocycles. The Kier molecular flexibility index (Phi) is 5.45. The Balaban J connectivity index is 1.66. The first-order valence-corrected chi connectivity index (χ1v) is 8.47. The van der Waals surface area contributed by atoms with Crippen LogP contribution >= 0.6 is 0 Å². The minimum atomic E-state index is -1.52. The molecule has 142 valence electrons. The summed E-state index contributed by atoms with van der Waals surface area (Å²) in [5, 5.41) is 2.62. The van der Waals surface area contributed by atoms with E-state index in [4.69, 9.17) is 23.7 Å². The summed E-state index contributed by atoms with van der Waals surface area (Å²) in [5.41, 5.74) is 0.336. The van der Waals surface area contributed by atoms with E-state index in [0.717, 1.165) is 5.56 Å². The van der Waals surface area contributed by atoms with Crippen molar-refractivity contribution in [1.29, 1.82) is 0 Å². The number of methoxy groups -OCH3 is 1. The van der Waals surface area contributed by atoms with Crippen LogP contribution in [0.2, 0.25) is 0 Å². The van der Waals surface area contributed by atoms with Crippen LogP contribution < -0.4 is 5.32 Å². The van der Waals surface area contributed by atoms with Gasteiger partial charge in [-0.05, 0) is 12.5 Å². The van der Waals surface area contributed by atoms with Crippen LogP contribution in [0.3, 0.4) is 0 Å². The lowest BCUT2D eigenvalue weighted by atomic mass is 10.0. The monoisotopic (exact) mass is 365 g/mol. The maximum absolute atomic E-state index is 12.2. The van der Waals surface area contributed by atoms with Gasteiger partial charge < -0.3 is 29.0 Å². The third-order valence-corrected chi connectivity index (χ3v) is 4.43. The van der Waals surface area contributed by atoms with E-state index >= 15 is 0 Å². The number of hydrogen-bond donors (Lipinski definition) is 1. The van der Waals surface area contributed by atoms with Crippen molar-refractivity contribution in [1.82, 2.24) is 5.32 Å². The van der Waals surface area contributed by atoms with E-state index in [-0.39, 0.29) is 13.0 Å². The molecule has 2 saturated heterocycles. The number of amides is 1. The molecule has 2 unspecified atom stereocenters. The van der Waals surface area contributed by atoms with Gasteiger partial charge in [0.25, 0.3) is 0 Å².